The second-order valence-electron chi connectivity index (χ2n) is 6.64. The van der Waals surface area contributed by atoms with E-state index in [-0.39, 0.29) is 18.7 Å². The molecule has 0 aliphatic heterocycles. The largest absolute Gasteiger partial charge is 0.332 e. The molecule has 0 amide bonds. The number of para-hydroxylation sites is 1. The molecule has 0 radical (unpaired) electrons. The van der Waals surface area contributed by atoms with Crippen molar-refractivity contribution < 1.29 is 8.78 Å². The molecular weight excluding hydrogens is 398 g/mol. The lowest BCUT2D eigenvalue weighted by Crippen LogP contribution is -2.40. The molecule has 29 heavy (non-hydrogen) atoms. The third-order valence-electron chi connectivity index (χ3n) is 4.70. The minimum absolute atomic E-state index is 0.00862. The van der Waals surface area contributed by atoms with Gasteiger partial charge < -0.3 is 0 Å². The lowest BCUT2D eigenvalue weighted by Gasteiger charge is -2.15. The molecule has 0 unspecified atom stereocenters. The van der Waals surface area contributed by atoms with Gasteiger partial charge in [-0.05, 0) is 48.0 Å². The zero-order valence-corrected chi connectivity index (χ0v) is 15.9. The van der Waals surface area contributed by atoms with Crippen LogP contribution in [0.2, 0.25) is 5.02 Å². The highest BCUT2D eigenvalue weighted by Crippen LogP contribution is 2.15. The number of nitrogens with zero attached hydrogens (tertiary/aromatic N) is 2. The molecule has 3 aromatic carbocycles. The summed E-state index contributed by atoms with van der Waals surface area (Å²) in [6.45, 7) is -0.201. The van der Waals surface area contributed by atoms with Crippen LogP contribution in [-0.4, -0.2) is 9.13 Å². The molecule has 0 saturated heterocycles. The molecule has 7 heteroatoms. The number of benzene rings is 3. The van der Waals surface area contributed by atoms with Gasteiger partial charge in [0.05, 0.1) is 24.0 Å². The summed E-state index contributed by atoms with van der Waals surface area (Å²) in [5.74, 6) is -1.24. The SMILES string of the molecule is O=c1c2ccccc2n(Cc2cc(F)ccc2F)c(=O)n1Cc1cccc(Cl)c1. The van der Waals surface area contributed by atoms with E-state index in [9.17, 15) is 18.4 Å². The van der Waals surface area contributed by atoms with Crippen molar-refractivity contribution in [1.29, 1.82) is 0 Å². The molecular formula is C22H15ClF2N2O2. The first kappa shape index (κ1) is 19.1. The minimum atomic E-state index is -0.630. The predicted octanol–water partition coefficient (Wildman–Crippen LogP) is 4.19. The van der Waals surface area contributed by atoms with E-state index in [1.165, 1.54) is 4.57 Å². The van der Waals surface area contributed by atoms with Crippen LogP contribution < -0.4 is 11.2 Å². The monoisotopic (exact) mass is 412 g/mol. The normalized spacial score (nSPS) is 11.1. The van der Waals surface area contributed by atoms with Gasteiger partial charge in [-0.3, -0.25) is 13.9 Å². The van der Waals surface area contributed by atoms with Crippen molar-refractivity contribution >= 4 is 22.5 Å². The maximum Gasteiger partial charge on any atom is 0.332 e. The summed E-state index contributed by atoms with van der Waals surface area (Å²) < 4.78 is 30.2. The van der Waals surface area contributed by atoms with Crippen LogP contribution in [-0.2, 0) is 13.1 Å². The first-order valence-electron chi connectivity index (χ1n) is 8.85. The fourth-order valence-corrected chi connectivity index (χ4v) is 3.53. The molecule has 4 rings (SSSR count). The van der Waals surface area contributed by atoms with Gasteiger partial charge in [0.1, 0.15) is 11.6 Å². The molecule has 146 valence electrons. The highest BCUT2D eigenvalue weighted by Gasteiger charge is 2.15. The first-order chi connectivity index (χ1) is 13.9. The Bertz CT molecular complexity index is 1340. The third-order valence-corrected chi connectivity index (χ3v) is 4.93. The van der Waals surface area contributed by atoms with Gasteiger partial charge in [0, 0.05) is 10.6 Å². The Morgan fingerprint density at radius 1 is 0.828 bits per heavy atom. The van der Waals surface area contributed by atoms with Gasteiger partial charge in [0.2, 0.25) is 0 Å². The number of rotatable bonds is 4. The van der Waals surface area contributed by atoms with Crippen LogP contribution in [0.15, 0.2) is 76.3 Å². The van der Waals surface area contributed by atoms with Crippen LogP contribution in [0.4, 0.5) is 8.78 Å². The fourth-order valence-electron chi connectivity index (χ4n) is 3.32. The number of aromatic nitrogens is 2. The van der Waals surface area contributed by atoms with Gasteiger partial charge in [-0.15, -0.1) is 0 Å². The highest BCUT2D eigenvalue weighted by molar-refractivity contribution is 6.30. The van der Waals surface area contributed by atoms with Crippen molar-refractivity contribution in [2.24, 2.45) is 0 Å². The second kappa shape index (κ2) is 7.64. The van der Waals surface area contributed by atoms with Gasteiger partial charge in [-0.1, -0.05) is 35.9 Å². The molecule has 0 bridgehead atoms. The molecule has 1 heterocycles. The molecule has 0 saturated carbocycles. The molecule has 0 fully saturated rings. The third kappa shape index (κ3) is 3.71. The Kier molecular flexibility index (Phi) is 5.03. The maximum atomic E-state index is 14.2. The predicted molar refractivity (Wildman–Crippen MR) is 108 cm³/mol. The van der Waals surface area contributed by atoms with Crippen LogP contribution in [0.25, 0.3) is 10.9 Å². The van der Waals surface area contributed by atoms with Gasteiger partial charge in [0.25, 0.3) is 5.56 Å². The van der Waals surface area contributed by atoms with E-state index >= 15 is 0 Å². The minimum Gasteiger partial charge on any atom is -0.289 e. The van der Waals surface area contributed by atoms with E-state index in [1.807, 2.05) is 0 Å². The van der Waals surface area contributed by atoms with Crippen molar-refractivity contribution in [2.75, 3.05) is 0 Å². The Morgan fingerprint density at radius 3 is 2.41 bits per heavy atom. The molecule has 1 aromatic heterocycles. The van der Waals surface area contributed by atoms with Gasteiger partial charge >= 0.3 is 5.69 Å². The van der Waals surface area contributed by atoms with Crippen molar-refractivity contribution in [1.82, 2.24) is 9.13 Å². The van der Waals surface area contributed by atoms with E-state index < -0.39 is 22.9 Å². The zero-order valence-electron chi connectivity index (χ0n) is 15.1. The number of fused-ring (bicyclic) bond motifs is 1. The van der Waals surface area contributed by atoms with Gasteiger partial charge in [0.15, 0.2) is 0 Å². The van der Waals surface area contributed by atoms with Crippen LogP contribution in [0.5, 0.6) is 0 Å². The topological polar surface area (TPSA) is 44.0 Å². The molecule has 0 spiro atoms. The summed E-state index contributed by atoms with van der Waals surface area (Å²) in [6, 6.07) is 16.5. The molecule has 0 aliphatic carbocycles. The van der Waals surface area contributed by atoms with E-state index in [2.05, 4.69) is 0 Å². The molecule has 4 nitrogen and oxygen atoms in total. The Hall–Kier alpha value is -3.25. The summed E-state index contributed by atoms with van der Waals surface area (Å²) in [7, 11) is 0. The quantitative estimate of drug-likeness (QED) is 0.504. The maximum absolute atomic E-state index is 14.2. The van der Waals surface area contributed by atoms with E-state index in [1.54, 1.807) is 48.5 Å². The van der Waals surface area contributed by atoms with Crippen molar-refractivity contribution in [3.63, 3.8) is 0 Å². The Balaban J connectivity index is 1.93. The van der Waals surface area contributed by atoms with Crippen molar-refractivity contribution in [3.05, 3.63) is 115 Å². The number of hydrogen-bond acceptors (Lipinski definition) is 2. The van der Waals surface area contributed by atoms with Crippen LogP contribution in [0.3, 0.4) is 0 Å². The van der Waals surface area contributed by atoms with E-state index in [4.69, 9.17) is 11.6 Å². The van der Waals surface area contributed by atoms with Gasteiger partial charge in [-0.2, -0.15) is 0 Å². The van der Waals surface area contributed by atoms with Crippen LogP contribution in [0, 0.1) is 11.6 Å². The number of hydrogen-bond donors (Lipinski definition) is 0. The van der Waals surface area contributed by atoms with E-state index in [0.29, 0.717) is 21.5 Å². The summed E-state index contributed by atoms with van der Waals surface area (Å²) in [5.41, 5.74) is -0.0203. The average molecular weight is 413 g/mol. The summed E-state index contributed by atoms with van der Waals surface area (Å²) >= 11 is 6.01. The standard InChI is InChI=1S/C22H15ClF2N2O2/c23-16-5-3-4-14(10-16)12-27-21(28)18-6-1-2-7-20(18)26(22(27)29)13-15-11-17(24)8-9-19(15)25/h1-11H,12-13H2. The van der Waals surface area contributed by atoms with Crippen molar-refractivity contribution in [2.45, 2.75) is 13.1 Å². The Labute approximate surface area is 169 Å². The van der Waals surface area contributed by atoms with Crippen LogP contribution >= 0.6 is 11.6 Å². The second-order valence-corrected chi connectivity index (χ2v) is 7.08. The first-order valence-corrected chi connectivity index (χ1v) is 9.22. The molecule has 4 aromatic rings. The van der Waals surface area contributed by atoms with Gasteiger partial charge in [-0.25, -0.2) is 13.6 Å². The smallest absolute Gasteiger partial charge is 0.289 e. The zero-order chi connectivity index (χ0) is 20.5. The fraction of sp³-hybridized carbons (Fsp3) is 0.0909. The molecule has 0 atom stereocenters. The Morgan fingerprint density at radius 2 is 1.62 bits per heavy atom. The highest BCUT2D eigenvalue weighted by atomic mass is 35.5. The lowest BCUT2D eigenvalue weighted by atomic mass is 10.1. The van der Waals surface area contributed by atoms with E-state index in [0.717, 1.165) is 22.8 Å². The summed E-state index contributed by atoms with van der Waals surface area (Å²) in [5, 5.41) is 0.796. The average Bonchev–Trinajstić information content (AvgIpc) is 2.71. The summed E-state index contributed by atoms with van der Waals surface area (Å²) in [6.07, 6.45) is 0. The molecule has 0 N–H and O–H groups in total. The summed E-state index contributed by atoms with van der Waals surface area (Å²) in [4.78, 5) is 26.1. The van der Waals surface area contributed by atoms with Crippen molar-refractivity contribution in [3.8, 4) is 0 Å². The molecule has 0 aliphatic rings. The lowest BCUT2D eigenvalue weighted by molar-refractivity contribution is 0.567. The van der Waals surface area contributed by atoms with Crippen LogP contribution in [0.1, 0.15) is 11.1 Å². The number of halogens is 3.